The lowest BCUT2D eigenvalue weighted by atomic mass is 10.2. The predicted molar refractivity (Wildman–Crippen MR) is 105 cm³/mol. The van der Waals surface area contributed by atoms with Gasteiger partial charge in [-0.1, -0.05) is 24.3 Å². The molecule has 0 aromatic heterocycles. The highest BCUT2D eigenvalue weighted by atomic mass is 32.2. The van der Waals surface area contributed by atoms with E-state index in [9.17, 15) is 0 Å². The number of anilines is 2. The lowest BCUT2D eigenvalue weighted by Crippen LogP contribution is -2.22. The molecule has 0 fully saturated rings. The SMILES string of the molecule is CC(C)(C)Oc1ccc([S+]2c3ccccc3Nc3ccccc32)cc1. The zero-order valence-electron chi connectivity index (χ0n) is 14.7. The first kappa shape index (κ1) is 16.1. The van der Waals surface area contributed by atoms with Gasteiger partial charge in [0.05, 0.1) is 11.4 Å². The van der Waals surface area contributed by atoms with E-state index in [1.54, 1.807) is 0 Å². The summed E-state index contributed by atoms with van der Waals surface area (Å²) in [6, 6.07) is 25.7. The summed E-state index contributed by atoms with van der Waals surface area (Å²) in [7, 11) is -0.107. The van der Waals surface area contributed by atoms with Crippen LogP contribution in [-0.2, 0) is 10.9 Å². The Morgan fingerprint density at radius 3 is 1.76 bits per heavy atom. The van der Waals surface area contributed by atoms with Crippen molar-refractivity contribution in [3.05, 3.63) is 72.8 Å². The summed E-state index contributed by atoms with van der Waals surface area (Å²) in [4.78, 5) is 3.99. The summed E-state index contributed by atoms with van der Waals surface area (Å²) in [5.41, 5.74) is 2.21. The van der Waals surface area contributed by atoms with Crippen LogP contribution in [0.5, 0.6) is 5.75 Å². The van der Waals surface area contributed by atoms with E-state index in [0.717, 1.165) is 5.75 Å². The number of ether oxygens (including phenoxy) is 1. The molecule has 1 aliphatic heterocycles. The van der Waals surface area contributed by atoms with Crippen molar-refractivity contribution in [3.8, 4) is 5.75 Å². The number of para-hydroxylation sites is 2. The number of rotatable bonds is 2. The van der Waals surface area contributed by atoms with Crippen molar-refractivity contribution in [2.75, 3.05) is 5.32 Å². The van der Waals surface area contributed by atoms with Crippen molar-refractivity contribution < 1.29 is 4.74 Å². The zero-order chi connectivity index (χ0) is 17.4. The first-order valence-electron chi connectivity index (χ1n) is 8.50. The van der Waals surface area contributed by atoms with Crippen LogP contribution in [0.1, 0.15) is 20.8 Å². The van der Waals surface area contributed by atoms with Crippen LogP contribution in [0.4, 0.5) is 11.4 Å². The van der Waals surface area contributed by atoms with Gasteiger partial charge in [0.25, 0.3) is 0 Å². The average molecular weight is 348 g/mol. The highest BCUT2D eigenvalue weighted by Gasteiger charge is 2.37. The average Bonchev–Trinajstić information content (AvgIpc) is 2.59. The van der Waals surface area contributed by atoms with E-state index >= 15 is 0 Å². The van der Waals surface area contributed by atoms with Gasteiger partial charge in [0.2, 0.25) is 0 Å². The molecule has 0 bridgehead atoms. The minimum absolute atomic E-state index is 0.107. The summed E-state index contributed by atoms with van der Waals surface area (Å²) in [5.74, 6) is 0.913. The molecular formula is C22H22NOS+. The molecule has 0 saturated heterocycles. The minimum Gasteiger partial charge on any atom is -0.488 e. The molecule has 25 heavy (non-hydrogen) atoms. The van der Waals surface area contributed by atoms with E-state index in [0.29, 0.717) is 0 Å². The summed E-state index contributed by atoms with van der Waals surface area (Å²) in [6.07, 6.45) is 0. The van der Waals surface area contributed by atoms with E-state index in [-0.39, 0.29) is 16.5 Å². The van der Waals surface area contributed by atoms with E-state index in [2.05, 4.69) is 98.9 Å². The van der Waals surface area contributed by atoms with E-state index < -0.39 is 0 Å². The Morgan fingerprint density at radius 2 is 1.24 bits per heavy atom. The monoisotopic (exact) mass is 348 g/mol. The first-order chi connectivity index (χ1) is 12.0. The highest BCUT2D eigenvalue weighted by molar-refractivity contribution is 7.97. The third kappa shape index (κ3) is 3.24. The largest absolute Gasteiger partial charge is 0.488 e. The van der Waals surface area contributed by atoms with Crippen molar-refractivity contribution in [2.45, 2.75) is 41.1 Å². The van der Waals surface area contributed by atoms with Gasteiger partial charge in [-0.2, -0.15) is 0 Å². The van der Waals surface area contributed by atoms with Gasteiger partial charge in [0, 0.05) is 0 Å². The second-order valence-corrected chi connectivity index (χ2v) is 9.07. The van der Waals surface area contributed by atoms with Crippen LogP contribution in [0, 0.1) is 0 Å². The molecule has 0 spiro atoms. The number of nitrogens with one attached hydrogen (secondary N) is 1. The molecule has 1 aliphatic rings. The van der Waals surface area contributed by atoms with Gasteiger partial charge in [0.15, 0.2) is 14.7 Å². The molecule has 4 rings (SSSR count). The topological polar surface area (TPSA) is 21.3 Å². The number of benzene rings is 3. The molecule has 0 aliphatic carbocycles. The maximum Gasteiger partial charge on any atom is 0.190 e. The molecule has 1 heterocycles. The maximum atomic E-state index is 5.97. The molecule has 0 radical (unpaired) electrons. The molecule has 2 nitrogen and oxygen atoms in total. The van der Waals surface area contributed by atoms with Gasteiger partial charge in [-0.15, -0.1) is 0 Å². The quantitative estimate of drug-likeness (QED) is 0.447. The summed E-state index contributed by atoms with van der Waals surface area (Å²) in [6.45, 7) is 6.21. The second-order valence-electron chi connectivity index (χ2n) is 7.11. The summed E-state index contributed by atoms with van der Waals surface area (Å²) >= 11 is 0. The molecule has 0 atom stereocenters. The van der Waals surface area contributed by atoms with Gasteiger partial charge in [-0.25, -0.2) is 0 Å². The lowest BCUT2D eigenvalue weighted by Gasteiger charge is -2.22. The van der Waals surface area contributed by atoms with Crippen LogP contribution in [0.25, 0.3) is 0 Å². The molecule has 0 unspecified atom stereocenters. The van der Waals surface area contributed by atoms with Gasteiger partial charge < -0.3 is 10.1 Å². The number of hydrogen-bond donors (Lipinski definition) is 1. The van der Waals surface area contributed by atoms with Gasteiger partial charge in [-0.05, 0) is 69.3 Å². The fourth-order valence-electron chi connectivity index (χ4n) is 3.01. The molecule has 3 aromatic rings. The smallest absolute Gasteiger partial charge is 0.190 e. The van der Waals surface area contributed by atoms with Gasteiger partial charge in [0.1, 0.15) is 22.2 Å². The van der Waals surface area contributed by atoms with E-state index in [1.807, 2.05) is 0 Å². The fourth-order valence-corrected chi connectivity index (χ4v) is 5.27. The molecule has 0 amide bonds. The van der Waals surface area contributed by atoms with Crippen LogP contribution in [0.2, 0.25) is 0 Å². The normalized spacial score (nSPS) is 13.6. The Kier molecular flexibility index (Phi) is 3.97. The Morgan fingerprint density at radius 1 is 0.720 bits per heavy atom. The Bertz CT molecular complexity index is 851. The van der Waals surface area contributed by atoms with Crippen LogP contribution in [0.3, 0.4) is 0 Å². The van der Waals surface area contributed by atoms with E-state index in [1.165, 1.54) is 26.1 Å². The molecule has 126 valence electrons. The number of hydrogen-bond acceptors (Lipinski definition) is 2. The first-order valence-corrected chi connectivity index (χ1v) is 9.72. The molecule has 3 heteroatoms. The predicted octanol–water partition coefficient (Wildman–Crippen LogP) is 6.02. The minimum atomic E-state index is -0.183. The third-order valence-corrected chi connectivity index (χ3v) is 6.30. The van der Waals surface area contributed by atoms with Gasteiger partial charge in [-0.3, -0.25) is 0 Å². The second kappa shape index (κ2) is 6.16. The van der Waals surface area contributed by atoms with Crippen LogP contribution >= 0.6 is 0 Å². The van der Waals surface area contributed by atoms with E-state index in [4.69, 9.17) is 4.74 Å². The van der Waals surface area contributed by atoms with Crippen molar-refractivity contribution >= 4 is 22.3 Å². The molecule has 1 N–H and O–H groups in total. The van der Waals surface area contributed by atoms with Crippen molar-refractivity contribution in [1.29, 1.82) is 0 Å². The summed E-state index contributed by atoms with van der Waals surface area (Å²) < 4.78 is 5.97. The molecule has 0 saturated carbocycles. The lowest BCUT2D eigenvalue weighted by molar-refractivity contribution is 0.131. The van der Waals surface area contributed by atoms with Crippen molar-refractivity contribution in [3.63, 3.8) is 0 Å². The fraction of sp³-hybridized carbons (Fsp3) is 0.182. The standard InChI is InChI=1S/C22H22NOS/c1-22(2,3)24-16-12-14-17(15-13-16)25-20-10-6-4-8-18(20)23-19-9-5-7-11-21(19)25/h4-15,23H,1-3H3/q+1. The number of fused-ring (bicyclic) bond motifs is 2. The molecular weight excluding hydrogens is 326 g/mol. The third-order valence-electron chi connectivity index (χ3n) is 3.97. The maximum absolute atomic E-state index is 5.97. The molecule has 3 aromatic carbocycles. The highest BCUT2D eigenvalue weighted by Crippen LogP contribution is 2.44. The Hall–Kier alpha value is -2.39. The van der Waals surface area contributed by atoms with Crippen LogP contribution in [0.15, 0.2) is 87.5 Å². The summed E-state index contributed by atoms with van der Waals surface area (Å²) in [5, 5.41) is 3.56. The van der Waals surface area contributed by atoms with Crippen LogP contribution < -0.4 is 10.1 Å². The Balaban J connectivity index is 1.77. The van der Waals surface area contributed by atoms with Crippen molar-refractivity contribution in [1.82, 2.24) is 0 Å². The van der Waals surface area contributed by atoms with Crippen molar-refractivity contribution in [2.24, 2.45) is 0 Å². The van der Waals surface area contributed by atoms with Crippen LogP contribution in [-0.4, -0.2) is 5.60 Å². The van der Waals surface area contributed by atoms with Gasteiger partial charge >= 0.3 is 0 Å². The Labute approximate surface area is 152 Å². The zero-order valence-corrected chi connectivity index (χ0v) is 15.6.